The van der Waals surface area contributed by atoms with Crippen LogP contribution >= 0.6 is 11.6 Å². The average Bonchev–Trinajstić information content (AvgIpc) is 3.00. The van der Waals surface area contributed by atoms with Crippen LogP contribution in [-0.4, -0.2) is 37.1 Å². The third-order valence-corrected chi connectivity index (χ3v) is 9.01. The number of halogens is 1. The molecule has 3 N–H and O–H groups in total. The van der Waals surface area contributed by atoms with Gasteiger partial charge in [-0.1, -0.05) is 105 Å². The van der Waals surface area contributed by atoms with Crippen molar-refractivity contribution in [3.63, 3.8) is 0 Å². The number of hydrogen-bond donors (Lipinski definition) is 3. The molecule has 0 aliphatic rings. The number of hydrogen-bond acceptors (Lipinski definition) is 4. The third kappa shape index (κ3) is 10.4. The number of allylic oxidation sites excluding steroid dienone is 1. The predicted octanol–water partition coefficient (Wildman–Crippen LogP) is 8.57. The Hall–Kier alpha value is -4.24. The molecule has 0 fully saturated rings. The number of anilines is 1. The minimum atomic E-state index is -4.18. The minimum absolute atomic E-state index is 0.0335. The standard InChI is InChI=1S/C39H43ClN2O5S/c1-25-7-16-32(26(2)21-25)33-24-35(40)36(22-27(33)3)42-38(44)34(30-12-8-28(9-13-30)17-18-39(4,5)6)23-29-10-14-31(15-11-29)37(43)41-19-20-48(45,46)47/h7-18,21-22,24,34H,19-20,23H2,1-6H3,(H,41,43)(H,42,44)(H,45,46,47)/b18-17+. The summed E-state index contributed by atoms with van der Waals surface area (Å²) < 4.78 is 30.8. The van der Waals surface area contributed by atoms with E-state index in [4.69, 9.17) is 16.2 Å². The molecule has 48 heavy (non-hydrogen) atoms. The van der Waals surface area contributed by atoms with E-state index in [1.807, 2.05) is 43.3 Å². The van der Waals surface area contributed by atoms with Crippen molar-refractivity contribution >= 4 is 45.3 Å². The second kappa shape index (κ2) is 15.3. The van der Waals surface area contributed by atoms with Crippen molar-refractivity contribution in [3.8, 4) is 11.1 Å². The lowest BCUT2D eigenvalue weighted by molar-refractivity contribution is -0.117. The SMILES string of the molecule is Cc1ccc(-c2cc(Cl)c(NC(=O)C(Cc3ccc(C(=O)NCCS(=O)(=O)O)cc3)c3ccc(/C=C/C(C)(C)C)cc3)cc2C)c(C)c1. The first-order chi connectivity index (χ1) is 22.5. The predicted molar refractivity (Wildman–Crippen MR) is 196 cm³/mol. The minimum Gasteiger partial charge on any atom is -0.351 e. The van der Waals surface area contributed by atoms with Crippen molar-refractivity contribution in [1.29, 1.82) is 0 Å². The average molecular weight is 687 g/mol. The molecule has 0 saturated heterocycles. The van der Waals surface area contributed by atoms with E-state index in [1.54, 1.807) is 24.3 Å². The smallest absolute Gasteiger partial charge is 0.266 e. The van der Waals surface area contributed by atoms with Crippen LogP contribution in [0.15, 0.2) is 84.9 Å². The van der Waals surface area contributed by atoms with Crippen molar-refractivity contribution in [2.75, 3.05) is 17.6 Å². The largest absolute Gasteiger partial charge is 0.351 e. The van der Waals surface area contributed by atoms with Crippen molar-refractivity contribution in [2.45, 2.75) is 53.9 Å². The summed E-state index contributed by atoms with van der Waals surface area (Å²) in [6.07, 6.45) is 4.56. The van der Waals surface area contributed by atoms with Gasteiger partial charge in [-0.05, 0) is 95.8 Å². The fraction of sp³-hybridized carbons (Fsp3) is 0.282. The molecule has 0 aromatic heterocycles. The molecular formula is C39H43ClN2O5S. The zero-order valence-corrected chi connectivity index (χ0v) is 29.8. The first kappa shape index (κ1) is 36.6. The highest BCUT2D eigenvalue weighted by Crippen LogP contribution is 2.35. The second-order valence-electron chi connectivity index (χ2n) is 13.3. The number of aryl methyl sites for hydroxylation is 3. The van der Waals surface area contributed by atoms with E-state index in [0.717, 1.165) is 38.9 Å². The zero-order chi connectivity index (χ0) is 35.2. The third-order valence-electron chi connectivity index (χ3n) is 7.98. The van der Waals surface area contributed by atoms with Gasteiger partial charge in [0.25, 0.3) is 16.0 Å². The Labute approximate surface area is 289 Å². The molecule has 4 aromatic rings. The van der Waals surface area contributed by atoms with E-state index in [2.05, 4.69) is 75.6 Å². The fourth-order valence-corrected chi connectivity index (χ4v) is 5.95. The summed E-state index contributed by atoms with van der Waals surface area (Å²) in [4.78, 5) is 26.5. The lowest BCUT2D eigenvalue weighted by Crippen LogP contribution is -2.28. The summed E-state index contributed by atoms with van der Waals surface area (Å²) in [5.74, 6) is -1.83. The Kier molecular flexibility index (Phi) is 11.7. The van der Waals surface area contributed by atoms with E-state index in [-0.39, 0.29) is 17.9 Å². The van der Waals surface area contributed by atoms with Crippen LogP contribution in [0.25, 0.3) is 17.2 Å². The lowest BCUT2D eigenvalue weighted by atomic mass is 9.89. The topological polar surface area (TPSA) is 113 Å². The fourth-order valence-electron chi connectivity index (χ4n) is 5.37. The highest BCUT2D eigenvalue weighted by molar-refractivity contribution is 7.85. The Balaban J connectivity index is 1.60. The molecular weight excluding hydrogens is 644 g/mol. The summed E-state index contributed by atoms with van der Waals surface area (Å²) in [6.45, 7) is 12.3. The zero-order valence-electron chi connectivity index (χ0n) is 28.2. The Morgan fingerprint density at radius 1 is 0.875 bits per heavy atom. The number of benzene rings is 4. The van der Waals surface area contributed by atoms with Crippen LogP contribution in [-0.2, 0) is 21.3 Å². The molecule has 0 aliphatic carbocycles. The Bertz CT molecular complexity index is 1930. The Morgan fingerprint density at radius 2 is 1.52 bits per heavy atom. The van der Waals surface area contributed by atoms with Gasteiger partial charge in [0.1, 0.15) is 0 Å². The van der Waals surface area contributed by atoms with Gasteiger partial charge < -0.3 is 10.6 Å². The van der Waals surface area contributed by atoms with Gasteiger partial charge in [0.15, 0.2) is 0 Å². The highest BCUT2D eigenvalue weighted by Gasteiger charge is 2.23. The molecule has 1 atom stereocenters. The van der Waals surface area contributed by atoms with Gasteiger partial charge in [-0.3, -0.25) is 14.1 Å². The van der Waals surface area contributed by atoms with E-state index in [1.165, 1.54) is 5.56 Å². The number of carbonyl (C=O) groups excluding carboxylic acids is 2. The maximum Gasteiger partial charge on any atom is 0.266 e. The van der Waals surface area contributed by atoms with Crippen LogP contribution in [0, 0.1) is 26.2 Å². The summed E-state index contributed by atoms with van der Waals surface area (Å²) in [5.41, 5.74) is 8.98. The Morgan fingerprint density at radius 3 is 2.12 bits per heavy atom. The van der Waals surface area contributed by atoms with Crippen LogP contribution < -0.4 is 10.6 Å². The molecule has 4 aromatic carbocycles. The lowest BCUT2D eigenvalue weighted by Gasteiger charge is -2.20. The van der Waals surface area contributed by atoms with Crippen molar-refractivity contribution in [3.05, 3.63) is 129 Å². The van der Waals surface area contributed by atoms with E-state index in [9.17, 15) is 18.0 Å². The van der Waals surface area contributed by atoms with Gasteiger partial charge in [0.2, 0.25) is 5.91 Å². The first-order valence-electron chi connectivity index (χ1n) is 15.8. The molecule has 1 unspecified atom stereocenters. The molecule has 0 radical (unpaired) electrons. The summed E-state index contributed by atoms with van der Waals surface area (Å²) >= 11 is 6.78. The normalized spacial score (nSPS) is 12.6. The summed E-state index contributed by atoms with van der Waals surface area (Å²) in [6, 6.07) is 24.8. The number of rotatable bonds is 11. The van der Waals surface area contributed by atoms with E-state index >= 15 is 0 Å². The van der Waals surface area contributed by atoms with Crippen LogP contribution in [0.3, 0.4) is 0 Å². The molecule has 252 valence electrons. The first-order valence-corrected chi connectivity index (χ1v) is 17.8. The van der Waals surface area contributed by atoms with Gasteiger partial charge in [0.05, 0.1) is 22.4 Å². The molecule has 7 nitrogen and oxygen atoms in total. The van der Waals surface area contributed by atoms with E-state index in [0.29, 0.717) is 22.7 Å². The van der Waals surface area contributed by atoms with Crippen LogP contribution in [0.5, 0.6) is 0 Å². The van der Waals surface area contributed by atoms with E-state index < -0.39 is 27.7 Å². The molecule has 0 saturated carbocycles. The monoisotopic (exact) mass is 686 g/mol. The maximum atomic E-state index is 14.0. The number of nitrogens with one attached hydrogen (secondary N) is 2. The highest BCUT2D eigenvalue weighted by atomic mass is 35.5. The molecule has 4 rings (SSSR count). The number of carbonyl (C=O) groups is 2. The maximum absolute atomic E-state index is 14.0. The summed E-state index contributed by atoms with van der Waals surface area (Å²) in [7, 11) is -4.18. The molecule has 0 heterocycles. The molecule has 2 amide bonds. The molecule has 0 spiro atoms. The van der Waals surface area contributed by atoms with Gasteiger partial charge >= 0.3 is 0 Å². The quantitative estimate of drug-likeness (QED) is 0.137. The van der Waals surface area contributed by atoms with Gasteiger partial charge in [-0.2, -0.15) is 8.42 Å². The van der Waals surface area contributed by atoms with Gasteiger partial charge in [0, 0.05) is 12.1 Å². The molecule has 9 heteroatoms. The van der Waals surface area contributed by atoms with Crippen LogP contribution in [0.2, 0.25) is 5.02 Å². The van der Waals surface area contributed by atoms with Crippen molar-refractivity contribution < 1.29 is 22.6 Å². The van der Waals surface area contributed by atoms with Crippen LogP contribution in [0.4, 0.5) is 5.69 Å². The van der Waals surface area contributed by atoms with Crippen molar-refractivity contribution in [2.24, 2.45) is 5.41 Å². The number of amides is 2. The molecule has 0 aliphatic heterocycles. The van der Waals surface area contributed by atoms with Gasteiger partial charge in [-0.15, -0.1) is 0 Å². The van der Waals surface area contributed by atoms with Crippen molar-refractivity contribution in [1.82, 2.24) is 5.32 Å². The second-order valence-corrected chi connectivity index (χ2v) is 15.3. The molecule has 0 bridgehead atoms. The summed E-state index contributed by atoms with van der Waals surface area (Å²) in [5, 5.41) is 6.00. The van der Waals surface area contributed by atoms with Gasteiger partial charge in [-0.25, -0.2) is 0 Å². The van der Waals surface area contributed by atoms with Crippen LogP contribution in [0.1, 0.15) is 70.4 Å².